The summed E-state index contributed by atoms with van der Waals surface area (Å²) in [4.78, 5) is 0.290. The molecule has 2 aromatic carbocycles. The van der Waals surface area contributed by atoms with Crippen LogP contribution in [-0.4, -0.2) is 20.7 Å². The minimum absolute atomic E-state index is 0.106. The minimum Gasteiger partial charge on any atom is -0.484 e. The summed E-state index contributed by atoms with van der Waals surface area (Å²) < 4.78 is 29.3. The lowest BCUT2D eigenvalue weighted by Gasteiger charge is -2.24. The summed E-state index contributed by atoms with van der Waals surface area (Å²) in [7, 11) is -3.20. The molecular weight excluding hydrogens is 322 g/mol. The molecule has 24 heavy (non-hydrogen) atoms. The van der Waals surface area contributed by atoms with Gasteiger partial charge in [0, 0.05) is 12.0 Å². The van der Waals surface area contributed by atoms with Crippen molar-refractivity contribution in [3.8, 4) is 5.75 Å². The zero-order valence-corrected chi connectivity index (χ0v) is 14.6. The van der Waals surface area contributed by atoms with Crippen LogP contribution in [0, 0.1) is 0 Å². The predicted octanol–water partition coefficient (Wildman–Crippen LogP) is 3.26. The highest BCUT2D eigenvalue weighted by molar-refractivity contribution is 7.90. The van der Waals surface area contributed by atoms with E-state index in [0.29, 0.717) is 10.6 Å². The lowest BCUT2D eigenvalue weighted by Crippen LogP contribution is -2.33. The molecule has 0 heterocycles. The molecule has 126 valence electrons. The van der Waals surface area contributed by atoms with Crippen molar-refractivity contribution in [3.63, 3.8) is 0 Å². The average Bonchev–Trinajstić information content (AvgIpc) is 2.84. The molecule has 2 atom stereocenters. The molecule has 5 heteroatoms. The monoisotopic (exact) mass is 343 g/mol. The van der Waals surface area contributed by atoms with Crippen LogP contribution >= 0.6 is 0 Å². The molecule has 0 amide bonds. The van der Waals surface area contributed by atoms with Gasteiger partial charge in [0.15, 0.2) is 9.84 Å². The van der Waals surface area contributed by atoms with Gasteiger partial charge in [-0.05, 0) is 48.7 Å². The molecule has 0 unspecified atom stereocenters. The van der Waals surface area contributed by atoms with Crippen LogP contribution < -0.4 is 10.1 Å². The van der Waals surface area contributed by atoms with Crippen molar-refractivity contribution in [3.05, 3.63) is 71.9 Å². The van der Waals surface area contributed by atoms with Crippen LogP contribution in [-0.2, 0) is 16.3 Å². The molecule has 1 aliphatic rings. The van der Waals surface area contributed by atoms with Crippen LogP contribution in [0.3, 0.4) is 0 Å². The van der Waals surface area contributed by atoms with E-state index in [1.54, 1.807) is 24.3 Å². The molecule has 2 aromatic rings. The maximum absolute atomic E-state index is 11.6. The molecule has 3 rings (SSSR count). The molecule has 0 aliphatic heterocycles. The van der Waals surface area contributed by atoms with Gasteiger partial charge in [-0.3, -0.25) is 0 Å². The van der Waals surface area contributed by atoms with E-state index in [9.17, 15) is 8.42 Å². The van der Waals surface area contributed by atoms with Crippen LogP contribution in [0.15, 0.2) is 65.7 Å². The van der Waals surface area contributed by atoms with Crippen LogP contribution in [0.25, 0.3) is 0 Å². The zero-order valence-electron chi connectivity index (χ0n) is 13.8. The summed E-state index contributed by atoms with van der Waals surface area (Å²) in [6.07, 6.45) is 1.93. The Morgan fingerprint density at radius 1 is 1.17 bits per heavy atom. The molecule has 0 aromatic heterocycles. The molecule has 0 radical (unpaired) electrons. The fourth-order valence-electron chi connectivity index (χ4n) is 3.06. The number of nitrogens with one attached hydrogen (secondary N) is 1. The van der Waals surface area contributed by atoms with Gasteiger partial charge < -0.3 is 10.1 Å². The van der Waals surface area contributed by atoms with Crippen molar-refractivity contribution < 1.29 is 13.2 Å². The lowest BCUT2D eigenvalue weighted by atomic mass is 10.1. The second-order valence-corrected chi connectivity index (χ2v) is 8.23. The highest BCUT2D eigenvalue weighted by Crippen LogP contribution is 2.35. The van der Waals surface area contributed by atoms with Gasteiger partial charge in [0.1, 0.15) is 11.9 Å². The first-order chi connectivity index (χ1) is 11.3. The summed E-state index contributed by atoms with van der Waals surface area (Å²) in [5, 5.41) is 3.38. The Bertz CT molecular complexity index is 856. The number of hydrogen-bond acceptors (Lipinski definition) is 4. The van der Waals surface area contributed by atoms with Crippen LogP contribution in [0.2, 0.25) is 0 Å². The summed E-state index contributed by atoms with van der Waals surface area (Å²) in [6.45, 7) is 5.86. The Morgan fingerprint density at radius 3 is 2.46 bits per heavy atom. The highest BCUT2D eigenvalue weighted by Gasteiger charge is 2.33. The third-order valence-electron chi connectivity index (χ3n) is 4.11. The first kappa shape index (κ1) is 16.6. The molecule has 1 N–H and O–H groups in total. The standard InChI is InChI=1S/C19H21NO3S/c1-13(2)20-18-12-14-6-4-5-7-17(14)19(18)23-15-8-10-16(11-9-15)24(3,21)22/h4-11,18-20H,1,12H2,2-3H3/t18-,19-/m0/s1. The Morgan fingerprint density at radius 2 is 1.83 bits per heavy atom. The number of allylic oxidation sites excluding steroid dienone is 1. The van der Waals surface area contributed by atoms with E-state index in [-0.39, 0.29) is 12.1 Å². The number of benzene rings is 2. The van der Waals surface area contributed by atoms with Gasteiger partial charge in [0.05, 0.1) is 10.9 Å². The summed E-state index contributed by atoms with van der Waals surface area (Å²) in [5.74, 6) is 0.651. The Labute approximate surface area is 143 Å². The number of hydrogen-bond donors (Lipinski definition) is 1. The van der Waals surface area contributed by atoms with Crippen molar-refractivity contribution in [1.82, 2.24) is 5.32 Å². The van der Waals surface area contributed by atoms with E-state index < -0.39 is 9.84 Å². The van der Waals surface area contributed by atoms with E-state index in [0.717, 1.165) is 17.7 Å². The smallest absolute Gasteiger partial charge is 0.175 e. The van der Waals surface area contributed by atoms with Crippen LogP contribution in [0.1, 0.15) is 24.2 Å². The second kappa shape index (κ2) is 6.32. The van der Waals surface area contributed by atoms with Gasteiger partial charge in [-0.2, -0.15) is 0 Å². The van der Waals surface area contributed by atoms with Crippen molar-refractivity contribution >= 4 is 9.84 Å². The number of sulfone groups is 1. The number of ether oxygens (including phenoxy) is 1. The van der Waals surface area contributed by atoms with Gasteiger partial charge in [0.2, 0.25) is 0 Å². The van der Waals surface area contributed by atoms with Crippen molar-refractivity contribution in [2.75, 3.05) is 6.26 Å². The molecule has 0 bridgehead atoms. The van der Waals surface area contributed by atoms with E-state index in [1.165, 1.54) is 11.8 Å². The summed E-state index contributed by atoms with van der Waals surface area (Å²) >= 11 is 0. The van der Waals surface area contributed by atoms with Gasteiger partial charge in [-0.25, -0.2) is 8.42 Å². The maximum Gasteiger partial charge on any atom is 0.175 e. The lowest BCUT2D eigenvalue weighted by molar-refractivity contribution is 0.173. The van der Waals surface area contributed by atoms with Gasteiger partial charge in [0.25, 0.3) is 0 Å². The van der Waals surface area contributed by atoms with Crippen LogP contribution in [0.4, 0.5) is 0 Å². The third kappa shape index (κ3) is 3.46. The SMILES string of the molecule is C=C(C)N[C@H]1Cc2ccccc2[C@@H]1Oc1ccc(S(C)(=O)=O)cc1. The summed E-state index contributed by atoms with van der Waals surface area (Å²) in [5.41, 5.74) is 3.31. The molecule has 0 saturated heterocycles. The van der Waals surface area contributed by atoms with Gasteiger partial charge in [-0.15, -0.1) is 0 Å². The highest BCUT2D eigenvalue weighted by atomic mass is 32.2. The predicted molar refractivity (Wildman–Crippen MR) is 94.8 cm³/mol. The number of fused-ring (bicyclic) bond motifs is 1. The largest absolute Gasteiger partial charge is 0.484 e. The van der Waals surface area contributed by atoms with E-state index in [2.05, 4.69) is 24.0 Å². The fourth-order valence-corrected chi connectivity index (χ4v) is 3.69. The Kier molecular flexibility index (Phi) is 4.37. The fraction of sp³-hybridized carbons (Fsp3) is 0.263. The molecule has 0 spiro atoms. The normalized spacial score (nSPS) is 19.6. The summed E-state index contributed by atoms with van der Waals surface area (Å²) in [6, 6.07) is 14.9. The van der Waals surface area contributed by atoms with E-state index >= 15 is 0 Å². The van der Waals surface area contributed by atoms with E-state index in [4.69, 9.17) is 4.74 Å². The zero-order chi connectivity index (χ0) is 17.3. The van der Waals surface area contributed by atoms with Gasteiger partial charge >= 0.3 is 0 Å². The number of rotatable bonds is 5. The molecule has 4 nitrogen and oxygen atoms in total. The molecule has 0 fully saturated rings. The van der Waals surface area contributed by atoms with Crippen LogP contribution in [0.5, 0.6) is 5.75 Å². The molecule has 1 aliphatic carbocycles. The maximum atomic E-state index is 11.6. The average molecular weight is 343 g/mol. The topological polar surface area (TPSA) is 55.4 Å². The van der Waals surface area contributed by atoms with Gasteiger partial charge in [-0.1, -0.05) is 30.8 Å². The molecular formula is C19H21NO3S. The van der Waals surface area contributed by atoms with Crippen molar-refractivity contribution in [1.29, 1.82) is 0 Å². The Hall–Kier alpha value is -2.27. The first-order valence-corrected chi connectivity index (χ1v) is 9.70. The molecule has 0 saturated carbocycles. The first-order valence-electron chi connectivity index (χ1n) is 7.81. The quantitative estimate of drug-likeness (QED) is 0.905. The Balaban J connectivity index is 1.87. The van der Waals surface area contributed by atoms with E-state index in [1.807, 2.05) is 19.1 Å². The minimum atomic E-state index is -3.20. The second-order valence-electron chi connectivity index (χ2n) is 6.22. The van der Waals surface area contributed by atoms with Crippen molar-refractivity contribution in [2.45, 2.75) is 30.4 Å². The third-order valence-corrected chi connectivity index (χ3v) is 5.24. The van der Waals surface area contributed by atoms with Crippen molar-refractivity contribution in [2.24, 2.45) is 0 Å².